The quantitative estimate of drug-likeness (QED) is 0.695. The van der Waals surface area contributed by atoms with Crippen LogP contribution in [-0.2, 0) is 5.88 Å². The zero-order chi connectivity index (χ0) is 13.3. The third-order valence-electron chi connectivity index (χ3n) is 3.94. The molecule has 0 bridgehead atoms. The molecule has 18 heavy (non-hydrogen) atoms. The lowest BCUT2D eigenvalue weighted by Gasteiger charge is -2.28. The van der Waals surface area contributed by atoms with E-state index in [2.05, 4.69) is 25.7 Å². The van der Waals surface area contributed by atoms with Crippen molar-refractivity contribution < 1.29 is 0 Å². The van der Waals surface area contributed by atoms with Crippen molar-refractivity contribution in [2.24, 2.45) is 11.3 Å². The van der Waals surface area contributed by atoms with Gasteiger partial charge in [-0.3, -0.25) is 0 Å². The van der Waals surface area contributed by atoms with Gasteiger partial charge in [0.2, 0.25) is 0 Å². The highest BCUT2D eigenvalue weighted by Crippen LogP contribution is 2.37. The van der Waals surface area contributed by atoms with E-state index in [1.807, 2.05) is 18.2 Å². The van der Waals surface area contributed by atoms with Crippen molar-refractivity contribution in [3.05, 3.63) is 28.8 Å². The monoisotopic (exact) mass is 285 g/mol. The van der Waals surface area contributed by atoms with Crippen LogP contribution in [0.2, 0.25) is 5.02 Å². The Balaban J connectivity index is 2.21. The molecule has 1 aliphatic heterocycles. The van der Waals surface area contributed by atoms with Gasteiger partial charge in [0, 0.05) is 29.7 Å². The number of anilines is 1. The van der Waals surface area contributed by atoms with Gasteiger partial charge in [0.05, 0.1) is 0 Å². The number of nitrogens with zero attached hydrogens (tertiary/aromatic N) is 1. The van der Waals surface area contributed by atoms with E-state index in [9.17, 15) is 0 Å². The van der Waals surface area contributed by atoms with Gasteiger partial charge in [-0.15, -0.1) is 11.6 Å². The number of hydrogen-bond donors (Lipinski definition) is 0. The summed E-state index contributed by atoms with van der Waals surface area (Å²) in [5.41, 5.74) is 2.76. The lowest BCUT2D eigenvalue weighted by molar-refractivity contribution is 0.263. The minimum Gasteiger partial charge on any atom is -0.371 e. The molecule has 0 spiro atoms. The first-order valence-electron chi connectivity index (χ1n) is 6.51. The second-order valence-corrected chi connectivity index (χ2v) is 6.91. The molecule has 1 aromatic rings. The third-order valence-corrected chi connectivity index (χ3v) is 4.47. The lowest BCUT2D eigenvalue weighted by atomic mass is 9.80. The van der Waals surface area contributed by atoms with Crippen LogP contribution in [0.3, 0.4) is 0 Å². The summed E-state index contributed by atoms with van der Waals surface area (Å²) in [7, 11) is 0. The van der Waals surface area contributed by atoms with Gasteiger partial charge in [-0.25, -0.2) is 0 Å². The van der Waals surface area contributed by atoms with Crippen LogP contribution in [0, 0.1) is 11.3 Å². The maximum atomic E-state index is 6.11. The summed E-state index contributed by atoms with van der Waals surface area (Å²) in [6, 6.07) is 6.00. The number of rotatable bonds is 2. The van der Waals surface area contributed by atoms with Gasteiger partial charge in [0.25, 0.3) is 0 Å². The third kappa shape index (κ3) is 2.95. The SMILES string of the molecule is CC(C)(C)C1CCN(c2cc(Cl)ccc2CCl)C1. The summed E-state index contributed by atoms with van der Waals surface area (Å²) in [5.74, 6) is 1.28. The first kappa shape index (κ1) is 14.0. The molecule has 1 saturated heterocycles. The van der Waals surface area contributed by atoms with E-state index in [4.69, 9.17) is 23.2 Å². The van der Waals surface area contributed by atoms with Crippen molar-refractivity contribution in [1.29, 1.82) is 0 Å². The van der Waals surface area contributed by atoms with Crippen molar-refractivity contribution in [3.8, 4) is 0 Å². The number of alkyl halides is 1. The fraction of sp³-hybridized carbons (Fsp3) is 0.600. The van der Waals surface area contributed by atoms with E-state index in [1.165, 1.54) is 17.7 Å². The lowest BCUT2D eigenvalue weighted by Crippen LogP contribution is -2.26. The topological polar surface area (TPSA) is 3.24 Å². The van der Waals surface area contributed by atoms with Crippen LogP contribution in [-0.4, -0.2) is 13.1 Å². The summed E-state index contributed by atoms with van der Waals surface area (Å²) >= 11 is 12.1. The average Bonchev–Trinajstić information content (AvgIpc) is 2.77. The zero-order valence-electron chi connectivity index (χ0n) is 11.3. The molecule has 2 rings (SSSR count). The van der Waals surface area contributed by atoms with E-state index in [-0.39, 0.29) is 0 Å². The molecule has 0 aliphatic carbocycles. The molecule has 1 unspecified atom stereocenters. The number of benzene rings is 1. The van der Waals surface area contributed by atoms with E-state index in [0.717, 1.165) is 24.0 Å². The Morgan fingerprint density at radius 3 is 2.61 bits per heavy atom. The maximum absolute atomic E-state index is 6.11. The van der Waals surface area contributed by atoms with E-state index in [0.29, 0.717) is 11.3 Å². The largest absolute Gasteiger partial charge is 0.371 e. The van der Waals surface area contributed by atoms with Crippen molar-refractivity contribution in [2.45, 2.75) is 33.1 Å². The first-order chi connectivity index (χ1) is 8.41. The van der Waals surface area contributed by atoms with E-state index < -0.39 is 0 Å². The van der Waals surface area contributed by atoms with Crippen LogP contribution in [0.1, 0.15) is 32.8 Å². The summed E-state index contributed by atoms with van der Waals surface area (Å²) in [5, 5.41) is 0.790. The van der Waals surface area contributed by atoms with Gasteiger partial charge in [0.15, 0.2) is 0 Å². The maximum Gasteiger partial charge on any atom is 0.0494 e. The Morgan fingerprint density at radius 2 is 2.06 bits per heavy atom. The second kappa shape index (κ2) is 5.30. The minimum atomic E-state index is 0.369. The molecule has 3 heteroatoms. The number of hydrogen-bond acceptors (Lipinski definition) is 1. The van der Waals surface area contributed by atoms with E-state index >= 15 is 0 Å². The summed E-state index contributed by atoms with van der Waals surface area (Å²) < 4.78 is 0. The van der Waals surface area contributed by atoms with Crippen LogP contribution in [0.4, 0.5) is 5.69 Å². The Bertz CT molecular complexity index is 423. The Labute approximate surface area is 120 Å². The molecule has 1 fully saturated rings. The summed E-state index contributed by atoms with van der Waals surface area (Å²) in [6.45, 7) is 9.17. The van der Waals surface area contributed by atoms with E-state index in [1.54, 1.807) is 0 Å². The molecule has 0 N–H and O–H groups in total. The predicted octanol–water partition coefficient (Wildman–Crippen LogP) is 4.95. The molecule has 1 atom stereocenters. The van der Waals surface area contributed by atoms with Crippen LogP contribution in [0.15, 0.2) is 18.2 Å². The normalized spacial score (nSPS) is 20.5. The van der Waals surface area contributed by atoms with Crippen molar-refractivity contribution in [2.75, 3.05) is 18.0 Å². The molecule has 1 aliphatic rings. The number of halogens is 2. The fourth-order valence-corrected chi connectivity index (χ4v) is 3.02. The molecule has 100 valence electrons. The molecule has 0 amide bonds. The molecular weight excluding hydrogens is 265 g/mol. The second-order valence-electron chi connectivity index (χ2n) is 6.20. The predicted molar refractivity (Wildman–Crippen MR) is 80.8 cm³/mol. The molecule has 1 nitrogen and oxygen atoms in total. The molecule has 0 saturated carbocycles. The highest BCUT2D eigenvalue weighted by atomic mass is 35.5. The van der Waals surface area contributed by atoms with Gasteiger partial charge in [-0.2, -0.15) is 0 Å². The van der Waals surface area contributed by atoms with Gasteiger partial charge < -0.3 is 4.90 Å². The highest BCUT2D eigenvalue weighted by molar-refractivity contribution is 6.31. The standard InChI is InChI=1S/C15H21Cl2N/c1-15(2,3)12-6-7-18(10-12)14-8-13(17)5-4-11(14)9-16/h4-5,8,12H,6-7,9-10H2,1-3H3. The van der Waals surface area contributed by atoms with Crippen LogP contribution in [0.5, 0.6) is 0 Å². The Morgan fingerprint density at radius 1 is 1.33 bits per heavy atom. The van der Waals surface area contributed by atoms with Gasteiger partial charge in [-0.1, -0.05) is 38.4 Å². The minimum absolute atomic E-state index is 0.369. The van der Waals surface area contributed by atoms with Crippen LogP contribution in [0.25, 0.3) is 0 Å². The Hall–Kier alpha value is -0.400. The smallest absolute Gasteiger partial charge is 0.0494 e. The summed E-state index contributed by atoms with van der Waals surface area (Å²) in [6.07, 6.45) is 1.25. The van der Waals surface area contributed by atoms with Gasteiger partial charge in [0.1, 0.15) is 0 Å². The Kier molecular flexibility index (Phi) is 4.13. The van der Waals surface area contributed by atoms with Gasteiger partial charge in [-0.05, 0) is 35.4 Å². The molecule has 0 aromatic heterocycles. The van der Waals surface area contributed by atoms with Gasteiger partial charge >= 0.3 is 0 Å². The highest BCUT2D eigenvalue weighted by Gasteiger charge is 2.32. The molecular formula is C15H21Cl2N. The molecule has 1 heterocycles. The molecule has 1 aromatic carbocycles. The van der Waals surface area contributed by atoms with Crippen molar-refractivity contribution >= 4 is 28.9 Å². The van der Waals surface area contributed by atoms with Crippen molar-refractivity contribution in [1.82, 2.24) is 0 Å². The first-order valence-corrected chi connectivity index (χ1v) is 7.42. The zero-order valence-corrected chi connectivity index (χ0v) is 12.9. The average molecular weight is 286 g/mol. The van der Waals surface area contributed by atoms with Crippen LogP contribution < -0.4 is 4.90 Å². The summed E-state index contributed by atoms with van der Waals surface area (Å²) in [4.78, 5) is 2.43. The fourth-order valence-electron chi connectivity index (χ4n) is 2.63. The molecule has 0 radical (unpaired) electrons. The van der Waals surface area contributed by atoms with Crippen LogP contribution >= 0.6 is 23.2 Å². The van der Waals surface area contributed by atoms with Crippen molar-refractivity contribution in [3.63, 3.8) is 0 Å².